The SMILES string of the molecule is COC(=O)C(NCc1nc(-c2cccs2)oc1C)C(C)C. The average Bonchev–Trinajstić information content (AvgIpc) is 3.08. The van der Waals surface area contributed by atoms with E-state index in [2.05, 4.69) is 10.3 Å². The molecule has 2 rings (SSSR count). The second kappa shape index (κ2) is 6.87. The van der Waals surface area contributed by atoms with Crippen LogP contribution in [0.4, 0.5) is 0 Å². The fraction of sp³-hybridized carbons (Fsp3) is 0.467. The number of carbonyl (C=O) groups excluding carboxylic acids is 1. The molecule has 2 heterocycles. The molecular weight excluding hydrogens is 288 g/mol. The summed E-state index contributed by atoms with van der Waals surface area (Å²) in [5.41, 5.74) is 0.813. The molecule has 0 aliphatic rings. The van der Waals surface area contributed by atoms with Gasteiger partial charge >= 0.3 is 5.97 Å². The standard InChI is InChI=1S/C15H20N2O3S/c1-9(2)13(15(18)19-4)16-8-11-10(3)20-14(17-11)12-6-5-7-21-12/h5-7,9,13,16H,8H2,1-4H3. The highest BCUT2D eigenvalue weighted by Gasteiger charge is 2.23. The van der Waals surface area contributed by atoms with E-state index < -0.39 is 0 Å². The fourth-order valence-electron chi connectivity index (χ4n) is 2.02. The first kappa shape index (κ1) is 15.7. The van der Waals surface area contributed by atoms with Crippen molar-refractivity contribution in [3.8, 4) is 10.8 Å². The maximum Gasteiger partial charge on any atom is 0.323 e. The van der Waals surface area contributed by atoms with Crippen LogP contribution in [0, 0.1) is 12.8 Å². The summed E-state index contributed by atoms with van der Waals surface area (Å²) in [6, 6.07) is 3.58. The van der Waals surface area contributed by atoms with Gasteiger partial charge in [-0.15, -0.1) is 11.3 Å². The zero-order chi connectivity index (χ0) is 15.4. The van der Waals surface area contributed by atoms with Gasteiger partial charge in [0.05, 0.1) is 17.7 Å². The van der Waals surface area contributed by atoms with Gasteiger partial charge in [0.2, 0.25) is 5.89 Å². The van der Waals surface area contributed by atoms with Gasteiger partial charge in [-0.05, 0) is 24.3 Å². The molecule has 6 heteroatoms. The first-order valence-electron chi connectivity index (χ1n) is 6.84. The molecule has 0 saturated carbocycles. The number of hydrogen-bond donors (Lipinski definition) is 1. The Morgan fingerprint density at radius 3 is 2.86 bits per heavy atom. The van der Waals surface area contributed by atoms with Crippen molar-refractivity contribution in [2.75, 3.05) is 7.11 Å². The molecule has 0 amide bonds. The van der Waals surface area contributed by atoms with Gasteiger partial charge in [-0.1, -0.05) is 19.9 Å². The summed E-state index contributed by atoms with van der Waals surface area (Å²) >= 11 is 1.59. The summed E-state index contributed by atoms with van der Waals surface area (Å²) < 4.78 is 10.5. The number of carbonyl (C=O) groups is 1. The molecule has 114 valence electrons. The molecule has 0 bridgehead atoms. The van der Waals surface area contributed by atoms with Gasteiger partial charge in [0.1, 0.15) is 11.8 Å². The molecule has 0 spiro atoms. The summed E-state index contributed by atoms with van der Waals surface area (Å²) in [5, 5.41) is 5.18. The maximum absolute atomic E-state index is 11.7. The number of hydrogen-bond acceptors (Lipinski definition) is 6. The molecule has 0 fully saturated rings. The molecule has 0 radical (unpaired) electrons. The Kier molecular flexibility index (Phi) is 5.14. The van der Waals surface area contributed by atoms with Crippen LogP contribution in [0.25, 0.3) is 10.8 Å². The van der Waals surface area contributed by atoms with Crippen molar-refractivity contribution in [2.45, 2.75) is 33.4 Å². The number of methoxy groups -OCH3 is 1. The molecule has 0 aliphatic heterocycles. The lowest BCUT2D eigenvalue weighted by atomic mass is 10.0. The Labute approximate surface area is 128 Å². The highest BCUT2D eigenvalue weighted by Crippen LogP contribution is 2.25. The van der Waals surface area contributed by atoms with Crippen molar-refractivity contribution in [3.63, 3.8) is 0 Å². The maximum atomic E-state index is 11.7. The van der Waals surface area contributed by atoms with Crippen molar-refractivity contribution < 1.29 is 13.9 Å². The van der Waals surface area contributed by atoms with Gasteiger partial charge in [0, 0.05) is 6.54 Å². The molecule has 2 aromatic heterocycles. The van der Waals surface area contributed by atoms with E-state index in [-0.39, 0.29) is 17.9 Å². The first-order chi connectivity index (χ1) is 10.0. The third-order valence-electron chi connectivity index (χ3n) is 3.24. The minimum Gasteiger partial charge on any atom is -0.468 e. The third-order valence-corrected chi connectivity index (χ3v) is 4.09. The monoisotopic (exact) mass is 308 g/mol. The van der Waals surface area contributed by atoms with Crippen LogP contribution in [-0.4, -0.2) is 24.1 Å². The first-order valence-corrected chi connectivity index (χ1v) is 7.72. The van der Waals surface area contributed by atoms with Crippen LogP contribution in [0.15, 0.2) is 21.9 Å². The van der Waals surface area contributed by atoms with Crippen molar-refractivity contribution in [3.05, 3.63) is 29.0 Å². The van der Waals surface area contributed by atoms with Crippen LogP contribution < -0.4 is 5.32 Å². The van der Waals surface area contributed by atoms with Gasteiger partial charge in [0.15, 0.2) is 0 Å². The van der Waals surface area contributed by atoms with Gasteiger partial charge in [-0.3, -0.25) is 10.1 Å². The number of rotatable bonds is 6. The minimum absolute atomic E-state index is 0.140. The summed E-state index contributed by atoms with van der Waals surface area (Å²) in [6.07, 6.45) is 0. The molecule has 5 nitrogen and oxygen atoms in total. The molecule has 1 unspecified atom stereocenters. The Bertz CT molecular complexity index is 590. The van der Waals surface area contributed by atoms with E-state index in [9.17, 15) is 4.79 Å². The lowest BCUT2D eigenvalue weighted by Gasteiger charge is -2.19. The largest absolute Gasteiger partial charge is 0.468 e. The molecule has 0 saturated heterocycles. The molecule has 1 N–H and O–H groups in total. The van der Waals surface area contributed by atoms with Crippen molar-refractivity contribution in [2.24, 2.45) is 5.92 Å². The second-order valence-corrected chi connectivity index (χ2v) is 6.07. The Morgan fingerprint density at radius 2 is 2.29 bits per heavy atom. The van der Waals surface area contributed by atoms with Crippen LogP contribution in [0.3, 0.4) is 0 Å². The van der Waals surface area contributed by atoms with Crippen LogP contribution in [0.5, 0.6) is 0 Å². The van der Waals surface area contributed by atoms with E-state index in [0.717, 1.165) is 16.3 Å². The van der Waals surface area contributed by atoms with Gasteiger partial charge in [0.25, 0.3) is 0 Å². The Morgan fingerprint density at radius 1 is 1.52 bits per heavy atom. The van der Waals surface area contributed by atoms with Crippen molar-refractivity contribution >= 4 is 17.3 Å². The predicted molar refractivity (Wildman–Crippen MR) is 82.0 cm³/mol. The Hall–Kier alpha value is -1.66. The third kappa shape index (κ3) is 3.71. The number of nitrogens with one attached hydrogen (secondary N) is 1. The van der Waals surface area contributed by atoms with E-state index >= 15 is 0 Å². The van der Waals surface area contributed by atoms with Crippen molar-refractivity contribution in [1.29, 1.82) is 0 Å². The number of aryl methyl sites for hydroxylation is 1. The highest BCUT2D eigenvalue weighted by molar-refractivity contribution is 7.13. The number of aromatic nitrogens is 1. The molecule has 2 aromatic rings. The number of nitrogens with zero attached hydrogens (tertiary/aromatic N) is 1. The number of esters is 1. The topological polar surface area (TPSA) is 64.4 Å². The van der Waals surface area contributed by atoms with Crippen LogP contribution in [-0.2, 0) is 16.1 Å². The summed E-state index contributed by atoms with van der Waals surface area (Å²) in [7, 11) is 1.40. The fourth-order valence-corrected chi connectivity index (χ4v) is 2.67. The zero-order valence-corrected chi connectivity index (χ0v) is 13.5. The lowest BCUT2D eigenvalue weighted by molar-refractivity contribution is -0.144. The smallest absolute Gasteiger partial charge is 0.323 e. The number of thiophene rings is 1. The van der Waals surface area contributed by atoms with E-state index in [1.807, 2.05) is 38.3 Å². The average molecular weight is 308 g/mol. The van der Waals surface area contributed by atoms with E-state index in [1.54, 1.807) is 11.3 Å². The van der Waals surface area contributed by atoms with Gasteiger partial charge in [-0.2, -0.15) is 0 Å². The highest BCUT2D eigenvalue weighted by atomic mass is 32.1. The van der Waals surface area contributed by atoms with E-state index in [0.29, 0.717) is 12.4 Å². The number of oxazole rings is 1. The molecule has 21 heavy (non-hydrogen) atoms. The van der Waals surface area contributed by atoms with E-state index in [1.165, 1.54) is 7.11 Å². The quantitative estimate of drug-likeness (QED) is 0.831. The number of ether oxygens (including phenoxy) is 1. The molecular formula is C15H20N2O3S. The second-order valence-electron chi connectivity index (χ2n) is 5.12. The van der Waals surface area contributed by atoms with Crippen molar-refractivity contribution in [1.82, 2.24) is 10.3 Å². The summed E-state index contributed by atoms with van der Waals surface area (Å²) in [5.74, 6) is 1.27. The van der Waals surface area contributed by atoms with Crippen LogP contribution >= 0.6 is 11.3 Å². The normalized spacial score (nSPS) is 12.6. The molecule has 1 atom stereocenters. The van der Waals surface area contributed by atoms with Gasteiger partial charge < -0.3 is 9.15 Å². The summed E-state index contributed by atoms with van der Waals surface area (Å²) in [4.78, 5) is 17.2. The minimum atomic E-state index is -0.351. The molecule has 0 aliphatic carbocycles. The predicted octanol–water partition coefficient (Wildman–Crippen LogP) is 3.00. The summed E-state index contributed by atoms with van der Waals surface area (Å²) in [6.45, 7) is 6.30. The van der Waals surface area contributed by atoms with Gasteiger partial charge in [-0.25, -0.2) is 4.98 Å². The zero-order valence-electron chi connectivity index (χ0n) is 12.7. The lowest BCUT2D eigenvalue weighted by Crippen LogP contribution is -2.41. The molecule has 0 aromatic carbocycles. The van der Waals surface area contributed by atoms with Crippen LogP contribution in [0.2, 0.25) is 0 Å². The van der Waals surface area contributed by atoms with Crippen LogP contribution in [0.1, 0.15) is 25.3 Å². The van der Waals surface area contributed by atoms with E-state index in [4.69, 9.17) is 9.15 Å². The Balaban J connectivity index is 2.08.